The van der Waals surface area contributed by atoms with Crippen molar-refractivity contribution in [2.45, 2.75) is 24.9 Å². The van der Waals surface area contributed by atoms with Crippen LogP contribution < -0.4 is 16.4 Å². The lowest BCUT2D eigenvalue weighted by molar-refractivity contribution is -0.138. The molecule has 10 nitrogen and oxygen atoms in total. The maximum absolute atomic E-state index is 12.6. The number of nitrogens with one attached hydrogen (secondary N) is 4. The van der Waals surface area contributed by atoms with Crippen molar-refractivity contribution in [2.24, 2.45) is 5.73 Å². The number of imidazole rings is 1. The monoisotopic (exact) mass is 398 g/mol. The predicted octanol–water partition coefficient (Wildman–Crippen LogP) is -0.311. The largest absolute Gasteiger partial charge is 0.480 e. The van der Waals surface area contributed by atoms with Crippen LogP contribution in [0.25, 0.3) is 10.9 Å². The summed E-state index contributed by atoms with van der Waals surface area (Å²) in [6.45, 7) is -0.546. The number of aromatic amines is 2. The highest BCUT2D eigenvalue weighted by Gasteiger charge is 2.25. The lowest BCUT2D eigenvalue weighted by atomic mass is 10.0. The first kappa shape index (κ1) is 20.1. The molecule has 0 bridgehead atoms. The fourth-order valence-corrected chi connectivity index (χ4v) is 3.02. The van der Waals surface area contributed by atoms with Gasteiger partial charge in [0.25, 0.3) is 0 Å². The van der Waals surface area contributed by atoms with Gasteiger partial charge in [0.15, 0.2) is 0 Å². The Morgan fingerprint density at radius 1 is 1.14 bits per heavy atom. The van der Waals surface area contributed by atoms with E-state index in [1.807, 2.05) is 24.3 Å². The van der Waals surface area contributed by atoms with E-state index in [-0.39, 0.29) is 12.8 Å². The van der Waals surface area contributed by atoms with Gasteiger partial charge in [0.05, 0.1) is 12.4 Å². The number of nitrogens with two attached hydrogens (primary N) is 1. The van der Waals surface area contributed by atoms with Crippen LogP contribution >= 0.6 is 0 Å². The maximum atomic E-state index is 12.6. The molecule has 0 spiro atoms. The van der Waals surface area contributed by atoms with E-state index < -0.39 is 36.4 Å². The van der Waals surface area contributed by atoms with E-state index in [4.69, 9.17) is 10.8 Å². The minimum absolute atomic E-state index is 0.122. The fourth-order valence-electron chi connectivity index (χ4n) is 3.02. The lowest BCUT2D eigenvalue weighted by Gasteiger charge is -2.20. The number of benzene rings is 1. The van der Waals surface area contributed by atoms with Crippen molar-refractivity contribution in [1.29, 1.82) is 0 Å². The molecule has 1 aromatic carbocycles. The van der Waals surface area contributed by atoms with Crippen LogP contribution in [-0.4, -0.2) is 56.5 Å². The van der Waals surface area contributed by atoms with Gasteiger partial charge in [0.1, 0.15) is 12.6 Å². The molecule has 0 aliphatic carbocycles. The van der Waals surface area contributed by atoms with Gasteiger partial charge in [0, 0.05) is 35.4 Å². The number of aliphatic carboxylic acids is 1. The Kier molecular flexibility index (Phi) is 6.25. The van der Waals surface area contributed by atoms with E-state index in [0.717, 1.165) is 16.5 Å². The van der Waals surface area contributed by atoms with Crippen LogP contribution in [0.5, 0.6) is 0 Å². The van der Waals surface area contributed by atoms with Crippen molar-refractivity contribution in [2.75, 3.05) is 6.54 Å². The highest BCUT2D eigenvalue weighted by Crippen LogP contribution is 2.18. The molecule has 152 valence electrons. The van der Waals surface area contributed by atoms with Crippen molar-refractivity contribution in [3.05, 3.63) is 54.2 Å². The molecule has 0 fully saturated rings. The third-order valence-corrected chi connectivity index (χ3v) is 4.48. The first-order valence-electron chi connectivity index (χ1n) is 9.01. The highest BCUT2D eigenvalue weighted by molar-refractivity contribution is 5.92. The number of fused-ring (bicyclic) bond motifs is 1. The average molecular weight is 398 g/mol. The number of carbonyl (C=O) groups excluding carboxylic acids is 2. The summed E-state index contributed by atoms with van der Waals surface area (Å²) in [4.78, 5) is 45.6. The van der Waals surface area contributed by atoms with Gasteiger partial charge in [-0.2, -0.15) is 0 Å². The molecule has 0 saturated heterocycles. The second-order valence-electron chi connectivity index (χ2n) is 6.62. The summed E-state index contributed by atoms with van der Waals surface area (Å²) in [5, 5.41) is 14.6. The van der Waals surface area contributed by atoms with Crippen molar-refractivity contribution >= 4 is 28.7 Å². The van der Waals surface area contributed by atoms with E-state index in [9.17, 15) is 14.4 Å². The average Bonchev–Trinajstić information content (AvgIpc) is 3.35. The van der Waals surface area contributed by atoms with Gasteiger partial charge >= 0.3 is 5.97 Å². The number of para-hydroxylation sites is 1. The standard InChI is InChI=1S/C19H22N6O4/c20-14(5-11-7-22-15-4-2-1-3-13(11)15)18(28)25-16(6-12-8-21-10-24-12)19(29)23-9-17(26)27/h1-4,7-8,10,14,16,22H,5-6,9,20H2,(H,21,24)(H,23,29)(H,25,28)(H,26,27). The van der Waals surface area contributed by atoms with E-state index in [2.05, 4.69) is 25.6 Å². The van der Waals surface area contributed by atoms with Crippen molar-refractivity contribution in [3.8, 4) is 0 Å². The Morgan fingerprint density at radius 2 is 1.93 bits per heavy atom. The first-order chi connectivity index (χ1) is 13.9. The number of nitrogens with zero attached hydrogens (tertiary/aromatic N) is 1. The van der Waals surface area contributed by atoms with Gasteiger partial charge in [-0.3, -0.25) is 14.4 Å². The van der Waals surface area contributed by atoms with Crippen LogP contribution in [0.3, 0.4) is 0 Å². The smallest absolute Gasteiger partial charge is 0.322 e. The molecule has 2 heterocycles. The van der Waals surface area contributed by atoms with Crippen LogP contribution in [0.2, 0.25) is 0 Å². The number of aromatic nitrogens is 3. The third-order valence-electron chi connectivity index (χ3n) is 4.48. The quantitative estimate of drug-likeness (QED) is 0.289. The molecule has 7 N–H and O–H groups in total. The van der Waals surface area contributed by atoms with Crippen molar-refractivity contribution in [3.63, 3.8) is 0 Å². The van der Waals surface area contributed by atoms with Crippen LogP contribution in [0, 0.1) is 0 Å². The molecule has 0 saturated carbocycles. The zero-order chi connectivity index (χ0) is 20.8. The van der Waals surface area contributed by atoms with Gasteiger partial charge in [0.2, 0.25) is 11.8 Å². The second-order valence-corrected chi connectivity index (χ2v) is 6.62. The molecular weight excluding hydrogens is 376 g/mol. The summed E-state index contributed by atoms with van der Waals surface area (Å²) in [5.74, 6) is -2.30. The summed E-state index contributed by atoms with van der Waals surface area (Å²) in [5.41, 5.74) is 8.53. The minimum atomic E-state index is -1.18. The number of amides is 2. The number of carbonyl (C=O) groups is 3. The summed E-state index contributed by atoms with van der Waals surface area (Å²) in [7, 11) is 0. The molecule has 2 atom stereocenters. The van der Waals surface area contributed by atoms with Gasteiger partial charge in [-0.05, 0) is 18.1 Å². The van der Waals surface area contributed by atoms with E-state index >= 15 is 0 Å². The van der Waals surface area contributed by atoms with Crippen molar-refractivity contribution < 1.29 is 19.5 Å². The topological polar surface area (TPSA) is 166 Å². The van der Waals surface area contributed by atoms with E-state index in [1.165, 1.54) is 12.5 Å². The highest BCUT2D eigenvalue weighted by atomic mass is 16.4. The normalized spacial score (nSPS) is 13.0. The summed E-state index contributed by atoms with van der Waals surface area (Å²) >= 11 is 0. The first-order valence-corrected chi connectivity index (χ1v) is 9.01. The summed E-state index contributed by atoms with van der Waals surface area (Å²) in [6.07, 6.45) is 5.18. The predicted molar refractivity (Wildman–Crippen MR) is 105 cm³/mol. The van der Waals surface area contributed by atoms with Gasteiger partial charge in [-0.1, -0.05) is 18.2 Å². The number of H-pyrrole nitrogens is 2. The molecule has 3 rings (SSSR count). The SMILES string of the molecule is NC(Cc1c[nH]c2ccccc12)C(=O)NC(Cc1cnc[nH]1)C(=O)NCC(=O)O. The van der Waals surface area contributed by atoms with Crippen LogP contribution in [0.4, 0.5) is 0 Å². The second kappa shape index (κ2) is 9.02. The number of carboxylic acid groups (broad SMARTS) is 1. The van der Waals surface area contributed by atoms with Gasteiger partial charge in [-0.25, -0.2) is 4.98 Å². The fraction of sp³-hybridized carbons (Fsp3) is 0.263. The van der Waals surface area contributed by atoms with Gasteiger partial charge in [-0.15, -0.1) is 0 Å². The summed E-state index contributed by atoms with van der Waals surface area (Å²) in [6, 6.07) is 5.80. The molecule has 0 aliphatic heterocycles. The molecule has 10 heteroatoms. The Hall–Kier alpha value is -3.66. The summed E-state index contributed by atoms with van der Waals surface area (Å²) < 4.78 is 0. The van der Waals surface area contributed by atoms with Crippen molar-refractivity contribution in [1.82, 2.24) is 25.6 Å². The molecule has 0 radical (unpaired) electrons. The molecule has 2 aromatic heterocycles. The zero-order valence-corrected chi connectivity index (χ0v) is 15.5. The van der Waals surface area contributed by atoms with Gasteiger partial charge < -0.3 is 31.4 Å². The lowest BCUT2D eigenvalue weighted by Crippen LogP contribution is -2.53. The Morgan fingerprint density at radius 3 is 2.66 bits per heavy atom. The van der Waals surface area contributed by atoms with Crippen LogP contribution in [0.1, 0.15) is 11.3 Å². The maximum Gasteiger partial charge on any atom is 0.322 e. The zero-order valence-electron chi connectivity index (χ0n) is 15.5. The van der Waals surface area contributed by atoms with Crippen LogP contribution in [0.15, 0.2) is 43.0 Å². The molecule has 2 amide bonds. The van der Waals surface area contributed by atoms with E-state index in [1.54, 1.807) is 6.20 Å². The molecule has 2 unspecified atom stereocenters. The Balaban J connectivity index is 1.67. The Bertz CT molecular complexity index is 997. The van der Waals surface area contributed by atoms with E-state index in [0.29, 0.717) is 5.69 Å². The number of rotatable bonds is 9. The third kappa shape index (κ3) is 5.20. The molecule has 29 heavy (non-hydrogen) atoms. The number of carboxylic acids is 1. The molecular formula is C19H22N6O4. The molecule has 0 aliphatic rings. The number of hydrogen-bond donors (Lipinski definition) is 6. The minimum Gasteiger partial charge on any atom is -0.480 e. The Labute approximate surface area is 165 Å². The number of hydrogen-bond acceptors (Lipinski definition) is 5. The molecule has 3 aromatic rings. The van der Waals surface area contributed by atoms with Crippen LogP contribution in [-0.2, 0) is 27.2 Å².